The molecule has 1 aromatic carbocycles. The summed E-state index contributed by atoms with van der Waals surface area (Å²) in [6, 6.07) is 4.11. The van der Waals surface area contributed by atoms with E-state index in [1.54, 1.807) is 13.8 Å². The number of rotatable bonds is 4. The average Bonchev–Trinajstić information content (AvgIpc) is 2.22. The van der Waals surface area contributed by atoms with Gasteiger partial charge < -0.3 is 9.84 Å². The quantitative estimate of drug-likeness (QED) is 0.885. The molecule has 0 spiro atoms. The fourth-order valence-corrected chi connectivity index (χ4v) is 1.65. The number of aliphatic hydroxyl groups is 1. The molecule has 0 saturated carbocycles. The standard InChI is InChI=1S/C12H16ClFO2/c1-8(16-3)12(2,15)7-9-6-10(14)4-5-11(9)13/h4-6,8,15H,7H2,1-3H3. The van der Waals surface area contributed by atoms with Gasteiger partial charge in [-0.15, -0.1) is 0 Å². The Morgan fingerprint density at radius 3 is 2.75 bits per heavy atom. The Balaban J connectivity index is 2.91. The summed E-state index contributed by atoms with van der Waals surface area (Å²) in [5, 5.41) is 10.6. The van der Waals surface area contributed by atoms with Gasteiger partial charge in [0.05, 0.1) is 11.7 Å². The molecule has 1 N–H and O–H groups in total. The third kappa shape index (κ3) is 3.17. The van der Waals surface area contributed by atoms with Crippen molar-refractivity contribution in [2.75, 3.05) is 7.11 Å². The van der Waals surface area contributed by atoms with Crippen molar-refractivity contribution in [3.05, 3.63) is 34.6 Å². The van der Waals surface area contributed by atoms with Crippen molar-refractivity contribution >= 4 is 11.6 Å². The Kier molecular flexibility index (Phi) is 4.30. The third-order valence-corrected chi connectivity index (χ3v) is 3.15. The van der Waals surface area contributed by atoms with Crippen LogP contribution in [0.25, 0.3) is 0 Å². The predicted octanol–water partition coefficient (Wildman–Crippen LogP) is 2.81. The first-order valence-corrected chi connectivity index (χ1v) is 5.43. The maximum Gasteiger partial charge on any atom is 0.123 e. The van der Waals surface area contributed by atoms with Gasteiger partial charge in [-0.3, -0.25) is 0 Å². The molecular formula is C12H16ClFO2. The van der Waals surface area contributed by atoms with Crippen molar-refractivity contribution in [1.29, 1.82) is 0 Å². The number of hydrogen-bond acceptors (Lipinski definition) is 2. The zero-order chi connectivity index (χ0) is 12.3. The average molecular weight is 247 g/mol. The van der Waals surface area contributed by atoms with E-state index in [-0.39, 0.29) is 18.3 Å². The van der Waals surface area contributed by atoms with Gasteiger partial charge in [0.2, 0.25) is 0 Å². The van der Waals surface area contributed by atoms with E-state index in [4.69, 9.17) is 16.3 Å². The van der Waals surface area contributed by atoms with Crippen molar-refractivity contribution in [3.8, 4) is 0 Å². The van der Waals surface area contributed by atoms with Crippen LogP contribution < -0.4 is 0 Å². The monoisotopic (exact) mass is 246 g/mol. The van der Waals surface area contributed by atoms with Crippen LogP contribution in [0.2, 0.25) is 5.02 Å². The van der Waals surface area contributed by atoms with Gasteiger partial charge in [0.15, 0.2) is 0 Å². The first-order valence-electron chi connectivity index (χ1n) is 5.06. The Bertz CT molecular complexity index is 366. The molecule has 0 bridgehead atoms. The van der Waals surface area contributed by atoms with Gasteiger partial charge in [0.1, 0.15) is 5.82 Å². The van der Waals surface area contributed by atoms with Crippen molar-refractivity contribution in [2.45, 2.75) is 32.0 Å². The molecule has 16 heavy (non-hydrogen) atoms. The summed E-state index contributed by atoms with van der Waals surface area (Å²) in [6.07, 6.45) is -0.106. The second kappa shape index (κ2) is 5.13. The summed E-state index contributed by atoms with van der Waals surface area (Å²) in [4.78, 5) is 0. The van der Waals surface area contributed by atoms with Crippen LogP contribution in [0.1, 0.15) is 19.4 Å². The van der Waals surface area contributed by atoms with Crippen LogP contribution in [-0.4, -0.2) is 23.9 Å². The van der Waals surface area contributed by atoms with Crippen LogP contribution in [0.3, 0.4) is 0 Å². The Labute approximate surface area is 100.0 Å². The number of hydrogen-bond donors (Lipinski definition) is 1. The van der Waals surface area contributed by atoms with Crippen LogP contribution in [0.4, 0.5) is 4.39 Å². The van der Waals surface area contributed by atoms with Crippen LogP contribution in [-0.2, 0) is 11.2 Å². The van der Waals surface area contributed by atoms with Crippen molar-refractivity contribution in [1.82, 2.24) is 0 Å². The van der Waals surface area contributed by atoms with E-state index in [0.29, 0.717) is 10.6 Å². The SMILES string of the molecule is COC(C)C(C)(O)Cc1cc(F)ccc1Cl. The maximum absolute atomic E-state index is 13.0. The zero-order valence-electron chi connectivity index (χ0n) is 9.63. The molecule has 90 valence electrons. The molecule has 0 fully saturated rings. The minimum Gasteiger partial charge on any atom is -0.387 e. The first-order chi connectivity index (χ1) is 7.36. The highest BCUT2D eigenvalue weighted by Gasteiger charge is 2.29. The largest absolute Gasteiger partial charge is 0.387 e. The van der Waals surface area contributed by atoms with Gasteiger partial charge in [-0.25, -0.2) is 4.39 Å². The molecule has 0 amide bonds. The van der Waals surface area contributed by atoms with Gasteiger partial charge >= 0.3 is 0 Å². The molecule has 1 aromatic rings. The lowest BCUT2D eigenvalue weighted by molar-refractivity contribution is -0.0715. The summed E-state index contributed by atoms with van der Waals surface area (Å²) in [6.45, 7) is 3.40. The molecular weight excluding hydrogens is 231 g/mol. The number of ether oxygens (including phenoxy) is 1. The van der Waals surface area contributed by atoms with E-state index in [1.165, 1.54) is 25.3 Å². The Morgan fingerprint density at radius 1 is 1.56 bits per heavy atom. The van der Waals surface area contributed by atoms with E-state index >= 15 is 0 Å². The maximum atomic E-state index is 13.0. The zero-order valence-corrected chi connectivity index (χ0v) is 10.4. The van der Waals surface area contributed by atoms with E-state index in [0.717, 1.165) is 0 Å². The van der Waals surface area contributed by atoms with Gasteiger partial charge in [0, 0.05) is 18.6 Å². The second-order valence-corrected chi connectivity index (χ2v) is 4.55. The summed E-state index contributed by atoms with van der Waals surface area (Å²) in [7, 11) is 1.52. The minimum absolute atomic E-state index is 0.249. The number of halogens is 2. The first kappa shape index (κ1) is 13.4. The normalized spacial score (nSPS) is 16.9. The van der Waals surface area contributed by atoms with Crippen molar-refractivity contribution < 1.29 is 14.2 Å². The van der Waals surface area contributed by atoms with E-state index < -0.39 is 5.60 Å². The number of methoxy groups -OCH3 is 1. The molecule has 0 aliphatic carbocycles. The van der Waals surface area contributed by atoms with E-state index in [2.05, 4.69) is 0 Å². The predicted molar refractivity (Wildman–Crippen MR) is 62.2 cm³/mol. The molecule has 0 aromatic heterocycles. The second-order valence-electron chi connectivity index (χ2n) is 4.15. The van der Waals surface area contributed by atoms with Crippen LogP contribution >= 0.6 is 11.6 Å². The van der Waals surface area contributed by atoms with Crippen LogP contribution in [0, 0.1) is 5.82 Å². The van der Waals surface area contributed by atoms with Gasteiger partial charge in [-0.2, -0.15) is 0 Å². The molecule has 2 nitrogen and oxygen atoms in total. The van der Waals surface area contributed by atoms with Crippen LogP contribution in [0.5, 0.6) is 0 Å². The number of benzene rings is 1. The highest BCUT2D eigenvalue weighted by Crippen LogP contribution is 2.25. The lowest BCUT2D eigenvalue weighted by atomic mass is 9.91. The van der Waals surface area contributed by atoms with E-state index in [9.17, 15) is 9.50 Å². The van der Waals surface area contributed by atoms with Gasteiger partial charge in [-0.1, -0.05) is 11.6 Å². The fraction of sp³-hybridized carbons (Fsp3) is 0.500. The fourth-order valence-electron chi connectivity index (χ4n) is 1.46. The third-order valence-electron chi connectivity index (χ3n) is 2.79. The van der Waals surface area contributed by atoms with Crippen molar-refractivity contribution in [3.63, 3.8) is 0 Å². The van der Waals surface area contributed by atoms with Crippen LogP contribution in [0.15, 0.2) is 18.2 Å². The summed E-state index contributed by atoms with van der Waals surface area (Å²) in [5.41, 5.74) is -0.498. The molecule has 0 aliphatic heterocycles. The molecule has 0 heterocycles. The molecule has 2 unspecified atom stereocenters. The highest BCUT2D eigenvalue weighted by molar-refractivity contribution is 6.31. The summed E-state index contributed by atoms with van der Waals surface area (Å²) >= 11 is 5.93. The minimum atomic E-state index is -1.08. The molecule has 0 radical (unpaired) electrons. The molecule has 4 heteroatoms. The van der Waals surface area contributed by atoms with Gasteiger partial charge in [-0.05, 0) is 37.6 Å². The Morgan fingerprint density at radius 2 is 2.19 bits per heavy atom. The molecule has 1 rings (SSSR count). The highest BCUT2D eigenvalue weighted by atomic mass is 35.5. The van der Waals surface area contributed by atoms with E-state index in [1.807, 2.05) is 0 Å². The topological polar surface area (TPSA) is 29.5 Å². The molecule has 0 aliphatic rings. The Hall–Kier alpha value is -0.640. The molecule has 0 saturated heterocycles. The molecule has 2 atom stereocenters. The summed E-state index contributed by atoms with van der Waals surface area (Å²) < 4.78 is 18.1. The van der Waals surface area contributed by atoms with Gasteiger partial charge in [0.25, 0.3) is 0 Å². The smallest absolute Gasteiger partial charge is 0.123 e. The lowest BCUT2D eigenvalue weighted by Gasteiger charge is -2.29. The van der Waals surface area contributed by atoms with Crippen molar-refractivity contribution in [2.24, 2.45) is 0 Å². The lowest BCUT2D eigenvalue weighted by Crippen LogP contribution is -2.40. The summed E-state index contributed by atoms with van der Waals surface area (Å²) in [5.74, 6) is -0.361.